The van der Waals surface area contributed by atoms with Crippen molar-refractivity contribution in [2.45, 2.75) is 44.7 Å². The number of hydrogen-bond acceptors (Lipinski definition) is 3. The summed E-state index contributed by atoms with van der Waals surface area (Å²) >= 11 is 0. The van der Waals surface area contributed by atoms with E-state index >= 15 is 0 Å². The second kappa shape index (κ2) is 5.96. The second-order valence-electron chi connectivity index (χ2n) is 6.68. The molecular weight excluding hydrogens is 288 g/mol. The van der Waals surface area contributed by atoms with E-state index in [1.165, 1.54) is 19.4 Å². The van der Waals surface area contributed by atoms with Gasteiger partial charge in [0, 0.05) is 24.2 Å². The second-order valence-corrected chi connectivity index (χ2v) is 6.68. The largest absolute Gasteiger partial charge is 0.345 e. The molecule has 122 valence electrons. The van der Waals surface area contributed by atoms with Crippen molar-refractivity contribution in [1.29, 1.82) is 0 Å². The third kappa shape index (κ3) is 2.53. The molecule has 1 N–H and O–H groups in total. The molecule has 23 heavy (non-hydrogen) atoms. The van der Waals surface area contributed by atoms with Crippen LogP contribution in [-0.2, 0) is 0 Å². The molecule has 4 rings (SSSR count). The zero-order chi connectivity index (χ0) is 15.8. The van der Waals surface area contributed by atoms with Gasteiger partial charge in [0.2, 0.25) is 0 Å². The van der Waals surface area contributed by atoms with Gasteiger partial charge in [-0.1, -0.05) is 6.92 Å². The van der Waals surface area contributed by atoms with E-state index in [0.717, 1.165) is 42.5 Å². The van der Waals surface area contributed by atoms with Gasteiger partial charge in [-0.25, -0.2) is 4.98 Å². The molecule has 2 saturated heterocycles. The Balaban J connectivity index is 1.59. The minimum Gasteiger partial charge on any atom is -0.345 e. The van der Waals surface area contributed by atoms with Crippen LogP contribution in [0.5, 0.6) is 0 Å². The fraction of sp³-hybridized carbons (Fsp3) is 0.556. The highest BCUT2D eigenvalue weighted by molar-refractivity contribution is 5.97. The van der Waals surface area contributed by atoms with Crippen molar-refractivity contribution < 1.29 is 4.79 Å². The van der Waals surface area contributed by atoms with Crippen LogP contribution in [-0.4, -0.2) is 57.4 Å². The summed E-state index contributed by atoms with van der Waals surface area (Å²) in [6, 6.07) is 6.70. The normalized spacial score (nSPS) is 25.5. The maximum atomic E-state index is 13.0. The number of carbonyl (C=O) groups is 1. The van der Waals surface area contributed by atoms with Gasteiger partial charge in [-0.3, -0.25) is 9.69 Å². The summed E-state index contributed by atoms with van der Waals surface area (Å²) in [7, 11) is 0. The van der Waals surface area contributed by atoms with E-state index in [1.54, 1.807) is 6.33 Å². The monoisotopic (exact) mass is 312 g/mol. The van der Waals surface area contributed by atoms with Crippen molar-refractivity contribution >= 4 is 16.9 Å². The van der Waals surface area contributed by atoms with E-state index < -0.39 is 0 Å². The molecule has 1 amide bonds. The summed E-state index contributed by atoms with van der Waals surface area (Å²) in [6.07, 6.45) is 6.42. The van der Waals surface area contributed by atoms with Gasteiger partial charge in [0.1, 0.15) is 0 Å². The molecule has 1 aromatic carbocycles. The first-order valence-electron chi connectivity index (χ1n) is 8.76. The number of imidazole rings is 1. The quantitative estimate of drug-likeness (QED) is 0.948. The highest BCUT2D eigenvalue weighted by Gasteiger charge is 2.39. The third-order valence-corrected chi connectivity index (χ3v) is 5.49. The molecule has 3 heterocycles. The van der Waals surface area contributed by atoms with Crippen LogP contribution in [0.15, 0.2) is 24.5 Å². The molecule has 0 saturated carbocycles. The van der Waals surface area contributed by atoms with Crippen molar-refractivity contribution in [3.8, 4) is 0 Å². The Hall–Kier alpha value is -1.88. The van der Waals surface area contributed by atoms with Gasteiger partial charge < -0.3 is 9.88 Å². The summed E-state index contributed by atoms with van der Waals surface area (Å²) in [4.78, 5) is 25.0. The Labute approximate surface area is 136 Å². The number of rotatable bonds is 3. The average molecular weight is 312 g/mol. The smallest absolute Gasteiger partial charge is 0.254 e. The summed E-state index contributed by atoms with van der Waals surface area (Å²) in [5, 5.41) is 0. The Morgan fingerprint density at radius 2 is 2.09 bits per heavy atom. The van der Waals surface area contributed by atoms with Gasteiger partial charge in [-0.2, -0.15) is 0 Å². The van der Waals surface area contributed by atoms with Crippen LogP contribution in [0.3, 0.4) is 0 Å². The molecular formula is C18H24N4O. The summed E-state index contributed by atoms with van der Waals surface area (Å²) < 4.78 is 0. The standard InChI is InChI=1S/C18H24N4O/c1-2-21-9-3-5-16(21)17-6-4-10-22(17)18(23)13-7-8-14-15(11-13)20-12-19-14/h7-8,11-12,16-17H,2-6,9-10H2,1H3,(H,19,20)/t16-,17-/m0/s1. The summed E-state index contributed by atoms with van der Waals surface area (Å²) in [5.74, 6) is 0.173. The predicted molar refractivity (Wildman–Crippen MR) is 90.4 cm³/mol. The number of H-pyrrole nitrogens is 1. The number of likely N-dealkylation sites (tertiary alicyclic amines) is 2. The molecule has 0 aliphatic carbocycles. The minimum absolute atomic E-state index is 0.173. The molecule has 2 aromatic rings. The third-order valence-electron chi connectivity index (χ3n) is 5.49. The molecule has 2 atom stereocenters. The first kappa shape index (κ1) is 14.7. The van der Waals surface area contributed by atoms with Crippen LogP contribution < -0.4 is 0 Å². The molecule has 0 radical (unpaired) electrons. The molecule has 2 aliphatic heterocycles. The molecule has 2 aliphatic rings. The van der Waals surface area contributed by atoms with Crippen molar-refractivity contribution in [3.05, 3.63) is 30.1 Å². The van der Waals surface area contributed by atoms with Crippen LogP contribution in [0.25, 0.3) is 11.0 Å². The SMILES string of the molecule is CCN1CCC[C@H]1[C@@H]1CCCN1C(=O)c1ccc2nc[nH]c2c1. The molecule has 2 fully saturated rings. The van der Waals surface area contributed by atoms with Gasteiger partial charge in [0.15, 0.2) is 0 Å². The number of aromatic amines is 1. The van der Waals surface area contributed by atoms with Gasteiger partial charge in [-0.05, 0) is 57.0 Å². The first-order valence-corrected chi connectivity index (χ1v) is 8.76. The number of nitrogens with one attached hydrogen (secondary N) is 1. The number of fused-ring (bicyclic) bond motifs is 1. The summed E-state index contributed by atoms with van der Waals surface area (Å²) in [5.41, 5.74) is 2.62. The highest BCUT2D eigenvalue weighted by Crippen LogP contribution is 2.31. The number of carbonyl (C=O) groups excluding carboxylic acids is 1. The van der Waals surface area contributed by atoms with Crippen molar-refractivity contribution in [2.75, 3.05) is 19.6 Å². The Bertz CT molecular complexity index is 710. The lowest BCUT2D eigenvalue weighted by Crippen LogP contribution is -2.48. The van der Waals surface area contributed by atoms with Crippen molar-refractivity contribution in [1.82, 2.24) is 19.8 Å². The maximum Gasteiger partial charge on any atom is 0.254 e. The molecule has 0 unspecified atom stereocenters. The molecule has 0 bridgehead atoms. The van der Waals surface area contributed by atoms with Crippen LogP contribution in [0.1, 0.15) is 43.0 Å². The maximum absolute atomic E-state index is 13.0. The van der Waals surface area contributed by atoms with Crippen LogP contribution in [0.2, 0.25) is 0 Å². The zero-order valence-corrected chi connectivity index (χ0v) is 13.7. The highest BCUT2D eigenvalue weighted by atomic mass is 16.2. The number of aromatic nitrogens is 2. The van der Waals surface area contributed by atoms with Crippen LogP contribution >= 0.6 is 0 Å². The number of benzene rings is 1. The van der Waals surface area contributed by atoms with Gasteiger partial charge >= 0.3 is 0 Å². The van der Waals surface area contributed by atoms with E-state index in [-0.39, 0.29) is 5.91 Å². The van der Waals surface area contributed by atoms with Crippen molar-refractivity contribution in [2.24, 2.45) is 0 Å². The Morgan fingerprint density at radius 3 is 2.96 bits per heavy atom. The Morgan fingerprint density at radius 1 is 1.26 bits per heavy atom. The van der Waals surface area contributed by atoms with Crippen LogP contribution in [0, 0.1) is 0 Å². The molecule has 5 nitrogen and oxygen atoms in total. The first-order chi connectivity index (χ1) is 11.3. The number of hydrogen-bond donors (Lipinski definition) is 1. The predicted octanol–water partition coefficient (Wildman–Crippen LogP) is 2.65. The Kier molecular flexibility index (Phi) is 3.81. The minimum atomic E-state index is 0.173. The molecule has 0 spiro atoms. The van der Waals surface area contributed by atoms with E-state index in [1.807, 2.05) is 18.2 Å². The lowest BCUT2D eigenvalue weighted by atomic mass is 10.0. The van der Waals surface area contributed by atoms with E-state index in [4.69, 9.17) is 0 Å². The fourth-order valence-electron chi connectivity index (χ4n) is 4.36. The lowest BCUT2D eigenvalue weighted by Gasteiger charge is -2.34. The number of amides is 1. The lowest BCUT2D eigenvalue weighted by molar-refractivity contribution is 0.0650. The zero-order valence-electron chi connectivity index (χ0n) is 13.7. The topological polar surface area (TPSA) is 52.2 Å². The van der Waals surface area contributed by atoms with Gasteiger partial charge in [0.25, 0.3) is 5.91 Å². The molecule has 1 aromatic heterocycles. The van der Waals surface area contributed by atoms with Crippen molar-refractivity contribution in [3.63, 3.8) is 0 Å². The number of nitrogens with zero attached hydrogens (tertiary/aromatic N) is 3. The van der Waals surface area contributed by atoms with Gasteiger partial charge in [0.05, 0.1) is 17.4 Å². The van der Waals surface area contributed by atoms with E-state index in [0.29, 0.717) is 12.1 Å². The van der Waals surface area contributed by atoms with E-state index in [2.05, 4.69) is 26.7 Å². The number of likely N-dealkylation sites (N-methyl/N-ethyl adjacent to an activating group) is 1. The van der Waals surface area contributed by atoms with E-state index in [9.17, 15) is 4.79 Å². The average Bonchev–Trinajstić information content (AvgIpc) is 3.30. The molecule has 5 heteroatoms. The van der Waals surface area contributed by atoms with Crippen LogP contribution in [0.4, 0.5) is 0 Å². The summed E-state index contributed by atoms with van der Waals surface area (Å²) in [6.45, 7) is 5.38. The van der Waals surface area contributed by atoms with Gasteiger partial charge in [-0.15, -0.1) is 0 Å². The fourth-order valence-corrected chi connectivity index (χ4v) is 4.36.